The molecule has 180 valence electrons. The summed E-state index contributed by atoms with van der Waals surface area (Å²) in [6, 6.07) is 8.91. The Hall–Kier alpha value is -2.67. The molecule has 0 aliphatic carbocycles. The van der Waals surface area contributed by atoms with Crippen molar-refractivity contribution in [2.24, 2.45) is 0 Å². The van der Waals surface area contributed by atoms with Gasteiger partial charge < -0.3 is 10.6 Å². The van der Waals surface area contributed by atoms with Crippen LogP contribution in [0.4, 0.5) is 19.0 Å². The standard InChI is InChI=1S/C22H20ClF3IN5O2/c1-12(2)29-20(34)10-14-13(5-3-7-16(14)27)9-19(33)30-18-11-17(22(24,25)26)31-32(18)21-15(23)6-4-8-28-21/h3-8,11-12H,9-10H2,1-2H3,(H,29,34)(H,30,33). The Morgan fingerprint density at radius 2 is 1.88 bits per heavy atom. The van der Waals surface area contributed by atoms with E-state index in [0.717, 1.165) is 8.25 Å². The zero-order chi connectivity index (χ0) is 25.0. The largest absolute Gasteiger partial charge is 0.435 e. The lowest BCUT2D eigenvalue weighted by molar-refractivity contribution is -0.141. The molecule has 0 saturated carbocycles. The molecule has 0 spiro atoms. The first-order valence-electron chi connectivity index (χ1n) is 10.1. The van der Waals surface area contributed by atoms with Gasteiger partial charge in [-0.25, -0.2) is 4.98 Å². The molecule has 7 nitrogen and oxygen atoms in total. The lowest BCUT2D eigenvalue weighted by Gasteiger charge is -2.14. The van der Waals surface area contributed by atoms with Crippen molar-refractivity contribution in [2.45, 2.75) is 38.9 Å². The molecule has 3 rings (SSSR count). The molecule has 0 bridgehead atoms. The number of carbonyl (C=O) groups is 2. The molecule has 34 heavy (non-hydrogen) atoms. The van der Waals surface area contributed by atoms with Crippen molar-refractivity contribution in [3.8, 4) is 5.82 Å². The molecule has 0 aliphatic heterocycles. The van der Waals surface area contributed by atoms with Gasteiger partial charge in [0.15, 0.2) is 11.5 Å². The van der Waals surface area contributed by atoms with Gasteiger partial charge in [-0.15, -0.1) is 0 Å². The van der Waals surface area contributed by atoms with Crippen LogP contribution in [0.15, 0.2) is 42.6 Å². The number of hydrogen-bond donors (Lipinski definition) is 2. The van der Waals surface area contributed by atoms with Crippen molar-refractivity contribution in [1.82, 2.24) is 20.1 Å². The summed E-state index contributed by atoms with van der Waals surface area (Å²) < 4.78 is 41.6. The quantitative estimate of drug-likeness (QED) is 0.379. The SMILES string of the molecule is CC(C)NC(=O)Cc1c(I)cccc1CC(=O)Nc1cc(C(F)(F)F)nn1-c1ncccc1Cl. The van der Waals surface area contributed by atoms with Gasteiger partial charge in [-0.2, -0.15) is 23.0 Å². The Morgan fingerprint density at radius 1 is 1.15 bits per heavy atom. The second-order valence-electron chi connectivity index (χ2n) is 7.63. The molecule has 0 saturated heterocycles. The minimum Gasteiger partial charge on any atom is -0.354 e. The van der Waals surface area contributed by atoms with E-state index in [1.165, 1.54) is 18.3 Å². The van der Waals surface area contributed by atoms with Crippen LogP contribution in [0.5, 0.6) is 0 Å². The normalized spacial score (nSPS) is 11.5. The Kier molecular flexibility index (Phi) is 8.18. The van der Waals surface area contributed by atoms with Gasteiger partial charge in [-0.3, -0.25) is 9.59 Å². The number of rotatable bonds is 7. The maximum Gasteiger partial charge on any atom is 0.435 e. The highest BCUT2D eigenvalue weighted by Crippen LogP contribution is 2.32. The van der Waals surface area contributed by atoms with Gasteiger partial charge in [-0.05, 0) is 65.8 Å². The van der Waals surface area contributed by atoms with Crippen molar-refractivity contribution < 1.29 is 22.8 Å². The maximum absolute atomic E-state index is 13.3. The zero-order valence-corrected chi connectivity index (χ0v) is 21.0. The monoisotopic (exact) mass is 605 g/mol. The van der Waals surface area contributed by atoms with Gasteiger partial charge in [-0.1, -0.05) is 23.7 Å². The van der Waals surface area contributed by atoms with Crippen LogP contribution >= 0.6 is 34.2 Å². The Morgan fingerprint density at radius 3 is 2.53 bits per heavy atom. The number of amides is 2. The van der Waals surface area contributed by atoms with Gasteiger partial charge in [0.25, 0.3) is 0 Å². The number of anilines is 1. The zero-order valence-electron chi connectivity index (χ0n) is 18.1. The fraction of sp³-hybridized carbons (Fsp3) is 0.273. The van der Waals surface area contributed by atoms with Crippen LogP contribution in [0, 0.1) is 3.57 Å². The molecule has 2 N–H and O–H groups in total. The molecule has 0 fully saturated rings. The van der Waals surface area contributed by atoms with E-state index < -0.39 is 17.8 Å². The van der Waals surface area contributed by atoms with Crippen LogP contribution < -0.4 is 10.6 Å². The van der Waals surface area contributed by atoms with E-state index in [0.29, 0.717) is 17.2 Å². The number of hydrogen-bond acceptors (Lipinski definition) is 4. The van der Waals surface area contributed by atoms with E-state index in [-0.39, 0.29) is 41.4 Å². The molecule has 0 aliphatic rings. The van der Waals surface area contributed by atoms with Crippen LogP contribution in [0.25, 0.3) is 5.82 Å². The van der Waals surface area contributed by atoms with Crippen LogP contribution in [-0.2, 0) is 28.6 Å². The van der Waals surface area contributed by atoms with E-state index in [9.17, 15) is 22.8 Å². The molecule has 12 heteroatoms. The van der Waals surface area contributed by atoms with E-state index >= 15 is 0 Å². The lowest BCUT2D eigenvalue weighted by atomic mass is 10.0. The molecule has 1 aromatic carbocycles. The first-order chi connectivity index (χ1) is 16.0. The maximum atomic E-state index is 13.3. The van der Waals surface area contributed by atoms with Crippen LogP contribution in [0.3, 0.4) is 0 Å². The molecule has 2 aromatic heterocycles. The van der Waals surface area contributed by atoms with Crippen LogP contribution in [0.1, 0.15) is 30.7 Å². The van der Waals surface area contributed by atoms with Crippen molar-refractivity contribution >= 4 is 51.8 Å². The number of halogens is 5. The molecule has 2 heterocycles. The fourth-order valence-corrected chi connectivity index (χ4v) is 4.11. The number of carbonyl (C=O) groups excluding carboxylic acids is 2. The molecular formula is C22H20ClF3IN5O2. The van der Waals surface area contributed by atoms with Crippen molar-refractivity contribution in [2.75, 3.05) is 5.32 Å². The van der Waals surface area contributed by atoms with Crippen molar-refractivity contribution in [3.05, 3.63) is 68.0 Å². The molecule has 0 unspecified atom stereocenters. The molecule has 3 aromatic rings. The van der Waals surface area contributed by atoms with E-state index in [1.807, 2.05) is 19.9 Å². The highest BCUT2D eigenvalue weighted by Gasteiger charge is 2.36. The highest BCUT2D eigenvalue weighted by atomic mass is 127. The number of benzene rings is 1. The lowest BCUT2D eigenvalue weighted by Crippen LogP contribution is -2.32. The van der Waals surface area contributed by atoms with Gasteiger partial charge in [0.1, 0.15) is 5.82 Å². The van der Waals surface area contributed by atoms with Crippen molar-refractivity contribution in [3.63, 3.8) is 0 Å². The number of alkyl halides is 3. The minimum atomic E-state index is -4.74. The third-order valence-electron chi connectivity index (χ3n) is 4.56. The number of pyridine rings is 1. The molecular weight excluding hydrogens is 586 g/mol. The minimum absolute atomic E-state index is 0.0397. The summed E-state index contributed by atoms with van der Waals surface area (Å²) >= 11 is 8.17. The predicted molar refractivity (Wildman–Crippen MR) is 130 cm³/mol. The Labute approximate surface area is 212 Å². The summed E-state index contributed by atoms with van der Waals surface area (Å²) in [6.07, 6.45) is -3.48. The van der Waals surface area contributed by atoms with Crippen LogP contribution in [-0.4, -0.2) is 32.6 Å². The predicted octanol–water partition coefficient (Wildman–Crippen LogP) is 4.79. The van der Waals surface area contributed by atoms with E-state index in [1.54, 1.807) is 12.1 Å². The summed E-state index contributed by atoms with van der Waals surface area (Å²) in [6.45, 7) is 3.68. The van der Waals surface area contributed by atoms with E-state index in [2.05, 4.69) is 43.3 Å². The number of nitrogens with zero attached hydrogens (tertiary/aromatic N) is 3. The third-order valence-corrected chi connectivity index (χ3v) is 5.87. The second kappa shape index (κ2) is 10.7. The second-order valence-corrected chi connectivity index (χ2v) is 9.20. The smallest absolute Gasteiger partial charge is 0.354 e. The topological polar surface area (TPSA) is 88.9 Å². The number of nitrogens with one attached hydrogen (secondary N) is 2. The van der Waals surface area contributed by atoms with Gasteiger partial charge in [0, 0.05) is 21.9 Å². The average Bonchev–Trinajstić information content (AvgIpc) is 3.14. The van der Waals surface area contributed by atoms with Gasteiger partial charge in [0.05, 0.1) is 17.9 Å². The Balaban J connectivity index is 1.89. The molecule has 2 amide bonds. The summed E-state index contributed by atoms with van der Waals surface area (Å²) in [4.78, 5) is 29.1. The van der Waals surface area contributed by atoms with Crippen LogP contribution in [0.2, 0.25) is 5.02 Å². The highest BCUT2D eigenvalue weighted by molar-refractivity contribution is 14.1. The first-order valence-corrected chi connectivity index (χ1v) is 11.5. The molecule has 0 radical (unpaired) electrons. The molecule has 0 atom stereocenters. The summed E-state index contributed by atoms with van der Waals surface area (Å²) in [5.41, 5.74) is 0.0553. The third kappa shape index (κ3) is 6.47. The van der Waals surface area contributed by atoms with Gasteiger partial charge in [0.2, 0.25) is 11.8 Å². The van der Waals surface area contributed by atoms with E-state index in [4.69, 9.17) is 11.6 Å². The fourth-order valence-electron chi connectivity index (χ4n) is 3.16. The summed E-state index contributed by atoms with van der Waals surface area (Å²) in [5.74, 6) is -1.08. The summed E-state index contributed by atoms with van der Waals surface area (Å²) in [7, 11) is 0. The first kappa shape index (κ1) is 25.9. The number of aromatic nitrogens is 3. The summed E-state index contributed by atoms with van der Waals surface area (Å²) in [5, 5.41) is 8.88. The van der Waals surface area contributed by atoms with Gasteiger partial charge >= 0.3 is 6.18 Å². The van der Waals surface area contributed by atoms with Crippen molar-refractivity contribution in [1.29, 1.82) is 0 Å². The Bertz CT molecular complexity index is 1210. The average molecular weight is 606 g/mol.